The van der Waals surface area contributed by atoms with Crippen molar-refractivity contribution in [3.05, 3.63) is 71.9 Å². The molecule has 0 atom stereocenters. The zero-order valence-corrected chi connectivity index (χ0v) is 18.2. The Kier molecular flexibility index (Phi) is 5.94. The average molecular weight is 451 g/mol. The zero-order valence-electron chi connectivity index (χ0n) is 17.5. The first-order valence-electron chi connectivity index (χ1n) is 10.6. The van der Waals surface area contributed by atoms with E-state index in [9.17, 15) is 4.79 Å². The van der Waals surface area contributed by atoms with Gasteiger partial charge in [0.1, 0.15) is 12.0 Å². The monoisotopic (exact) mass is 450 g/mol. The van der Waals surface area contributed by atoms with Gasteiger partial charge in [0, 0.05) is 42.9 Å². The first kappa shape index (κ1) is 20.8. The smallest absolute Gasteiger partial charge is 0.253 e. The second-order valence-electron chi connectivity index (χ2n) is 7.71. The van der Waals surface area contributed by atoms with Gasteiger partial charge in [0.25, 0.3) is 5.91 Å². The van der Waals surface area contributed by atoms with Crippen LogP contribution in [0.3, 0.4) is 0 Å². The molecule has 1 aliphatic rings. The minimum Gasteiger partial charge on any atom is -0.451 e. The van der Waals surface area contributed by atoms with Gasteiger partial charge in [0.15, 0.2) is 6.39 Å². The summed E-state index contributed by atoms with van der Waals surface area (Å²) in [6.07, 6.45) is 4.92. The fourth-order valence-corrected chi connectivity index (χ4v) is 4.21. The average Bonchev–Trinajstić information content (AvgIpc) is 3.47. The summed E-state index contributed by atoms with van der Waals surface area (Å²) in [7, 11) is 0. The van der Waals surface area contributed by atoms with Gasteiger partial charge in [-0.25, -0.2) is 4.98 Å². The molecule has 1 aliphatic heterocycles. The Morgan fingerprint density at radius 2 is 2.00 bits per heavy atom. The number of carbonyl (C=O) groups is 1. The summed E-state index contributed by atoms with van der Waals surface area (Å²) in [5.74, 6) is -0.135. The second kappa shape index (κ2) is 9.16. The lowest BCUT2D eigenvalue weighted by Gasteiger charge is -2.26. The summed E-state index contributed by atoms with van der Waals surface area (Å²) in [4.78, 5) is 19.7. The number of ether oxygens (including phenoxy) is 1. The molecule has 0 saturated carbocycles. The summed E-state index contributed by atoms with van der Waals surface area (Å²) in [6, 6.07) is 13.6. The molecule has 4 heterocycles. The van der Waals surface area contributed by atoms with Crippen molar-refractivity contribution in [1.29, 1.82) is 0 Å². The molecule has 0 radical (unpaired) electrons. The molecule has 1 saturated heterocycles. The first-order valence-corrected chi connectivity index (χ1v) is 10.9. The maximum atomic E-state index is 13.1. The van der Waals surface area contributed by atoms with E-state index < -0.39 is 0 Å². The van der Waals surface area contributed by atoms with Crippen LogP contribution in [0.2, 0.25) is 5.02 Å². The largest absolute Gasteiger partial charge is 0.451 e. The lowest BCUT2D eigenvalue weighted by Crippen LogP contribution is -2.41. The fraction of sp³-hybridized carbons (Fsp3) is 0.250. The van der Waals surface area contributed by atoms with E-state index in [1.54, 1.807) is 6.26 Å². The highest BCUT2D eigenvalue weighted by molar-refractivity contribution is 6.30. The third-order valence-corrected chi connectivity index (χ3v) is 5.90. The van der Waals surface area contributed by atoms with Gasteiger partial charge >= 0.3 is 0 Å². The molecule has 0 unspecified atom stereocenters. The maximum Gasteiger partial charge on any atom is 0.253 e. The number of aromatic nitrogens is 2. The molecular weight excluding hydrogens is 428 g/mol. The Bertz CT molecular complexity index is 1230. The van der Waals surface area contributed by atoms with E-state index in [-0.39, 0.29) is 5.91 Å². The molecule has 0 bridgehead atoms. The normalized spacial score (nSPS) is 14.7. The van der Waals surface area contributed by atoms with Crippen LogP contribution < -0.4 is 5.32 Å². The molecule has 1 N–H and O–H groups in total. The number of fused-ring (bicyclic) bond motifs is 1. The van der Waals surface area contributed by atoms with Crippen LogP contribution in [0.15, 0.2) is 65.7 Å². The van der Waals surface area contributed by atoms with Gasteiger partial charge in [-0.3, -0.25) is 9.69 Å². The molecule has 32 heavy (non-hydrogen) atoms. The topological polar surface area (TPSA) is 72.0 Å². The van der Waals surface area contributed by atoms with Crippen molar-refractivity contribution in [2.45, 2.75) is 0 Å². The first-order chi connectivity index (χ1) is 15.7. The van der Waals surface area contributed by atoms with Crippen LogP contribution in [-0.4, -0.2) is 59.6 Å². The van der Waals surface area contributed by atoms with Crippen molar-refractivity contribution in [3.63, 3.8) is 0 Å². The number of nitrogens with zero attached hydrogens (tertiary/aromatic N) is 3. The van der Waals surface area contributed by atoms with Gasteiger partial charge in [-0.15, -0.1) is 0 Å². The van der Waals surface area contributed by atoms with Gasteiger partial charge in [-0.2, -0.15) is 0 Å². The summed E-state index contributed by atoms with van der Waals surface area (Å²) in [5, 5.41) is 3.73. The van der Waals surface area contributed by atoms with Gasteiger partial charge in [0.05, 0.1) is 24.5 Å². The second-order valence-corrected chi connectivity index (χ2v) is 8.15. The number of rotatable bonds is 6. The quantitative estimate of drug-likeness (QED) is 0.481. The molecule has 7 nitrogen and oxygen atoms in total. The lowest BCUT2D eigenvalue weighted by atomic mass is 10.1. The van der Waals surface area contributed by atoms with Crippen LogP contribution in [0.1, 0.15) is 10.4 Å². The Labute approximate surface area is 190 Å². The van der Waals surface area contributed by atoms with E-state index in [0.717, 1.165) is 49.5 Å². The molecule has 3 aromatic heterocycles. The SMILES string of the molecule is O=C(NCCN1CCOCC1)c1cc2ccc(-c3cccc(Cl)c3)cn2c1-c1cocn1. The van der Waals surface area contributed by atoms with Gasteiger partial charge < -0.3 is 18.9 Å². The standard InChI is InChI=1S/C24H23ClN4O3/c25-19-3-1-2-17(12-19)18-4-5-20-13-21(23(29(20)14-18)22-15-32-16-27-22)24(30)26-6-7-28-8-10-31-11-9-28/h1-5,12-16H,6-11H2,(H,26,30). The Balaban J connectivity index is 1.46. The number of nitrogens with one attached hydrogen (secondary N) is 1. The van der Waals surface area contributed by atoms with Gasteiger partial charge in [0.2, 0.25) is 0 Å². The number of oxazole rings is 1. The molecule has 8 heteroatoms. The van der Waals surface area contributed by atoms with Gasteiger partial charge in [-0.05, 0) is 35.4 Å². The molecule has 5 rings (SSSR count). The summed E-state index contributed by atoms with van der Waals surface area (Å²) >= 11 is 6.18. The summed E-state index contributed by atoms with van der Waals surface area (Å²) in [5.41, 5.74) is 4.74. The van der Waals surface area contributed by atoms with Crippen molar-refractivity contribution in [2.75, 3.05) is 39.4 Å². The Morgan fingerprint density at radius 1 is 1.12 bits per heavy atom. The number of halogens is 1. The lowest BCUT2D eigenvalue weighted by molar-refractivity contribution is 0.0383. The van der Waals surface area contributed by atoms with Crippen LogP contribution >= 0.6 is 11.6 Å². The van der Waals surface area contributed by atoms with Crippen LogP contribution in [0.5, 0.6) is 0 Å². The highest BCUT2D eigenvalue weighted by atomic mass is 35.5. The van der Waals surface area contributed by atoms with Crippen molar-refractivity contribution < 1.29 is 13.9 Å². The number of pyridine rings is 1. The van der Waals surface area contributed by atoms with Crippen LogP contribution in [0.4, 0.5) is 0 Å². The number of hydrogen-bond donors (Lipinski definition) is 1. The van der Waals surface area contributed by atoms with Crippen molar-refractivity contribution >= 4 is 23.0 Å². The van der Waals surface area contributed by atoms with E-state index in [1.165, 1.54) is 6.39 Å². The predicted octanol–water partition coefficient (Wildman–Crippen LogP) is 3.98. The maximum absolute atomic E-state index is 13.1. The highest BCUT2D eigenvalue weighted by Crippen LogP contribution is 2.30. The Morgan fingerprint density at radius 3 is 2.78 bits per heavy atom. The predicted molar refractivity (Wildman–Crippen MR) is 123 cm³/mol. The molecule has 0 aliphatic carbocycles. The molecule has 164 valence electrons. The van der Waals surface area contributed by atoms with Crippen molar-refractivity contribution in [2.24, 2.45) is 0 Å². The third-order valence-electron chi connectivity index (χ3n) is 5.66. The van der Waals surface area contributed by atoms with Crippen molar-refractivity contribution in [3.8, 4) is 22.5 Å². The minimum atomic E-state index is -0.135. The number of morpholine rings is 1. The van der Waals surface area contributed by atoms with E-state index in [2.05, 4.69) is 15.2 Å². The van der Waals surface area contributed by atoms with Crippen LogP contribution in [-0.2, 0) is 4.74 Å². The zero-order chi connectivity index (χ0) is 21.9. The van der Waals surface area contributed by atoms with E-state index in [0.29, 0.717) is 28.5 Å². The summed E-state index contributed by atoms with van der Waals surface area (Å²) < 4.78 is 12.6. The van der Waals surface area contributed by atoms with Crippen LogP contribution in [0.25, 0.3) is 28.0 Å². The van der Waals surface area contributed by atoms with E-state index in [4.69, 9.17) is 20.8 Å². The van der Waals surface area contributed by atoms with E-state index in [1.807, 2.05) is 53.1 Å². The molecule has 4 aromatic rings. The molecular formula is C24H23ClN4O3. The minimum absolute atomic E-state index is 0.135. The van der Waals surface area contributed by atoms with E-state index >= 15 is 0 Å². The number of carbonyl (C=O) groups excluding carboxylic acids is 1. The molecule has 1 aromatic carbocycles. The number of benzene rings is 1. The molecule has 0 spiro atoms. The third kappa shape index (κ3) is 4.27. The molecule has 1 amide bonds. The van der Waals surface area contributed by atoms with Gasteiger partial charge in [-0.1, -0.05) is 29.8 Å². The number of amides is 1. The Hall–Kier alpha value is -3.13. The molecule has 1 fully saturated rings. The van der Waals surface area contributed by atoms with Crippen LogP contribution in [0, 0.1) is 0 Å². The fourth-order valence-electron chi connectivity index (χ4n) is 4.02. The summed E-state index contributed by atoms with van der Waals surface area (Å²) in [6.45, 7) is 4.62. The van der Waals surface area contributed by atoms with Crippen molar-refractivity contribution in [1.82, 2.24) is 19.6 Å². The number of hydrogen-bond acceptors (Lipinski definition) is 5. The highest BCUT2D eigenvalue weighted by Gasteiger charge is 2.21.